The van der Waals surface area contributed by atoms with Gasteiger partial charge in [0.05, 0.1) is 6.54 Å². The van der Waals surface area contributed by atoms with Crippen molar-refractivity contribution in [3.05, 3.63) is 23.3 Å². The van der Waals surface area contributed by atoms with Crippen molar-refractivity contribution in [2.24, 2.45) is 11.5 Å². The Morgan fingerprint density at radius 3 is 2.74 bits per heavy atom. The smallest absolute Gasteiger partial charge is 0.526 e. The van der Waals surface area contributed by atoms with E-state index in [1.807, 2.05) is 4.90 Å². The lowest BCUT2D eigenvalue weighted by Gasteiger charge is -2.42. The van der Waals surface area contributed by atoms with E-state index in [1.165, 1.54) is 0 Å². The number of ether oxygens (including phenoxy) is 1. The zero-order valence-electron chi connectivity index (χ0n) is 17.0. The number of carbonyl (C=O) groups is 3. The second-order valence-electron chi connectivity index (χ2n) is 8.68. The highest BCUT2D eigenvalue weighted by atomic mass is 16.5. The predicted molar refractivity (Wildman–Crippen MR) is 109 cm³/mol. The van der Waals surface area contributed by atoms with E-state index in [0.717, 1.165) is 12.0 Å². The Morgan fingerprint density at radius 2 is 2.10 bits per heavy atom. The van der Waals surface area contributed by atoms with Gasteiger partial charge in [0.25, 0.3) is 0 Å². The van der Waals surface area contributed by atoms with Crippen LogP contribution in [0, 0.1) is 0 Å². The average molecular weight is 432 g/mol. The summed E-state index contributed by atoms with van der Waals surface area (Å²) in [6.45, 7) is 2.38. The number of primary amides is 1. The molecule has 31 heavy (non-hydrogen) atoms. The molecule has 1 saturated heterocycles. The number of rotatable bonds is 8. The molecule has 1 aromatic carbocycles. The number of aromatic carboxylic acids is 1. The van der Waals surface area contributed by atoms with E-state index in [-0.39, 0.29) is 48.0 Å². The van der Waals surface area contributed by atoms with Crippen molar-refractivity contribution in [2.45, 2.75) is 36.7 Å². The quantitative estimate of drug-likeness (QED) is 0.306. The van der Waals surface area contributed by atoms with Crippen LogP contribution in [-0.2, 0) is 9.59 Å². The third-order valence-corrected chi connectivity index (χ3v) is 5.92. The number of nitrogens with two attached hydrogens (primary N) is 2. The third-order valence-electron chi connectivity index (χ3n) is 5.92. The van der Waals surface area contributed by atoms with Crippen LogP contribution in [0.3, 0.4) is 0 Å². The van der Waals surface area contributed by atoms with Crippen LogP contribution in [0.4, 0.5) is 0 Å². The zero-order valence-corrected chi connectivity index (χ0v) is 17.0. The van der Waals surface area contributed by atoms with Gasteiger partial charge < -0.3 is 36.3 Å². The molecule has 1 aromatic rings. The Morgan fingerprint density at radius 1 is 1.39 bits per heavy atom. The number of amides is 2. The standard InChI is InChI=1S/C19H25BN4O7/c1-19(22,18(28)23-5-14(21)25)8-24-6-9(7-24)30-13-3-2-10-11-4-12(11)20(29)31-16(10)15(13)17(26)27/h2-3,9,11-12,29H,4-8,22H2,1H3,(H2,21,25)(H,23,28)(H,26,27)/t11-,12-,19?/m1/s1. The number of hydrogen-bond donors (Lipinski definition) is 5. The number of benzene rings is 1. The summed E-state index contributed by atoms with van der Waals surface area (Å²) in [5.74, 6) is -1.85. The summed E-state index contributed by atoms with van der Waals surface area (Å²) >= 11 is 0. The van der Waals surface area contributed by atoms with E-state index in [2.05, 4.69) is 5.32 Å². The van der Waals surface area contributed by atoms with Crippen molar-refractivity contribution in [2.75, 3.05) is 26.2 Å². The van der Waals surface area contributed by atoms with Crippen molar-refractivity contribution in [3.8, 4) is 11.5 Å². The molecule has 1 aliphatic carbocycles. The van der Waals surface area contributed by atoms with Gasteiger partial charge in [-0.1, -0.05) is 6.07 Å². The molecule has 12 heteroatoms. The number of fused-ring (bicyclic) bond motifs is 3. The first-order valence-electron chi connectivity index (χ1n) is 10.1. The number of carbonyl (C=O) groups excluding carboxylic acids is 2. The summed E-state index contributed by atoms with van der Waals surface area (Å²) in [5.41, 5.74) is 10.5. The molecule has 2 aliphatic heterocycles. The van der Waals surface area contributed by atoms with Crippen molar-refractivity contribution in [1.29, 1.82) is 0 Å². The lowest BCUT2D eigenvalue weighted by molar-refractivity contribution is -0.129. The van der Waals surface area contributed by atoms with Crippen LogP contribution in [0.15, 0.2) is 12.1 Å². The fraction of sp³-hybridized carbons (Fsp3) is 0.526. The summed E-state index contributed by atoms with van der Waals surface area (Å²) in [6.07, 6.45) is 0.485. The zero-order chi connectivity index (χ0) is 22.5. The lowest BCUT2D eigenvalue weighted by Crippen LogP contribution is -2.64. The Bertz CT molecular complexity index is 934. The Labute approximate surface area is 178 Å². The summed E-state index contributed by atoms with van der Waals surface area (Å²) in [4.78, 5) is 36.7. The molecule has 3 aliphatic rings. The topological polar surface area (TPSA) is 177 Å². The Kier molecular flexibility index (Phi) is 5.32. The molecule has 1 saturated carbocycles. The number of carboxylic acid groups (broad SMARTS) is 1. The van der Waals surface area contributed by atoms with Gasteiger partial charge >= 0.3 is 13.1 Å². The van der Waals surface area contributed by atoms with E-state index in [1.54, 1.807) is 19.1 Å². The summed E-state index contributed by atoms with van der Waals surface area (Å²) in [6, 6.07) is 3.43. The van der Waals surface area contributed by atoms with Crippen LogP contribution in [0.5, 0.6) is 11.5 Å². The number of hydrogen-bond acceptors (Lipinski definition) is 8. The fourth-order valence-electron chi connectivity index (χ4n) is 4.21. The molecule has 3 atom stereocenters. The molecule has 0 radical (unpaired) electrons. The van der Waals surface area contributed by atoms with Crippen LogP contribution in [0.25, 0.3) is 0 Å². The Balaban J connectivity index is 1.38. The highest BCUT2D eigenvalue weighted by Crippen LogP contribution is 2.60. The molecule has 4 rings (SSSR count). The molecule has 0 spiro atoms. The average Bonchev–Trinajstić information content (AvgIpc) is 3.45. The van der Waals surface area contributed by atoms with Crippen LogP contribution >= 0.6 is 0 Å². The monoisotopic (exact) mass is 432 g/mol. The summed E-state index contributed by atoms with van der Waals surface area (Å²) < 4.78 is 11.4. The van der Waals surface area contributed by atoms with Gasteiger partial charge in [0.15, 0.2) is 0 Å². The minimum absolute atomic E-state index is 0.0202. The van der Waals surface area contributed by atoms with Crippen LogP contribution in [-0.4, -0.2) is 77.8 Å². The first kappa shape index (κ1) is 21.4. The molecule has 7 N–H and O–H groups in total. The minimum Gasteiger partial charge on any atom is -0.535 e. The molecule has 0 bridgehead atoms. The maximum absolute atomic E-state index is 12.1. The maximum Gasteiger partial charge on any atom is 0.526 e. The van der Waals surface area contributed by atoms with Crippen molar-refractivity contribution in [3.63, 3.8) is 0 Å². The molecule has 11 nitrogen and oxygen atoms in total. The lowest BCUT2D eigenvalue weighted by atomic mass is 9.77. The van der Waals surface area contributed by atoms with E-state index >= 15 is 0 Å². The first-order valence-corrected chi connectivity index (χ1v) is 10.1. The van der Waals surface area contributed by atoms with Gasteiger partial charge in [0, 0.05) is 25.5 Å². The van der Waals surface area contributed by atoms with Gasteiger partial charge in [-0.3, -0.25) is 14.5 Å². The van der Waals surface area contributed by atoms with E-state index < -0.39 is 30.4 Å². The Hall–Kier alpha value is -2.83. The molecule has 166 valence electrons. The van der Waals surface area contributed by atoms with E-state index in [0.29, 0.717) is 13.1 Å². The molecule has 2 heterocycles. The highest BCUT2D eigenvalue weighted by Gasteiger charge is 2.54. The van der Waals surface area contributed by atoms with Crippen LogP contribution in [0.2, 0.25) is 5.82 Å². The molecule has 0 aromatic heterocycles. The molecule has 2 fully saturated rings. The second kappa shape index (κ2) is 7.70. The van der Waals surface area contributed by atoms with Crippen LogP contribution < -0.4 is 26.2 Å². The molecular weight excluding hydrogens is 407 g/mol. The number of likely N-dealkylation sites (tertiary alicyclic amines) is 1. The number of nitrogens with zero attached hydrogens (tertiary/aromatic N) is 1. The first-order chi connectivity index (χ1) is 14.6. The van der Waals surface area contributed by atoms with Crippen LogP contribution in [0.1, 0.15) is 35.2 Å². The largest absolute Gasteiger partial charge is 0.535 e. The van der Waals surface area contributed by atoms with Gasteiger partial charge in [0.1, 0.15) is 28.7 Å². The van der Waals surface area contributed by atoms with Gasteiger partial charge in [0.2, 0.25) is 11.8 Å². The molecular formula is C19H25BN4O7. The van der Waals surface area contributed by atoms with Crippen molar-refractivity contribution in [1.82, 2.24) is 10.2 Å². The van der Waals surface area contributed by atoms with Gasteiger partial charge in [-0.05, 0) is 30.9 Å². The summed E-state index contributed by atoms with van der Waals surface area (Å²) in [5, 5.41) is 22.1. The third kappa shape index (κ3) is 4.18. The maximum atomic E-state index is 12.1. The van der Waals surface area contributed by atoms with Gasteiger partial charge in [-0.2, -0.15) is 0 Å². The normalized spacial score (nSPS) is 24.0. The number of carboxylic acids is 1. The second-order valence-corrected chi connectivity index (χ2v) is 8.68. The van der Waals surface area contributed by atoms with Crippen molar-refractivity contribution < 1.29 is 33.9 Å². The predicted octanol–water partition coefficient (Wildman–Crippen LogP) is -1.50. The molecule has 1 unspecified atom stereocenters. The summed E-state index contributed by atoms with van der Waals surface area (Å²) in [7, 11) is -1.01. The minimum atomic E-state index is -1.23. The van der Waals surface area contributed by atoms with Gasteiger partial charge in [-0.15, -0.1) is 0 Å². The number of nitrogens with one attached hydrogen (secondary N) is 1. The fourth-order valence-corrected chi connectivity index (χ4v) is 4.21. The van der Waals surface area contributed by atoms with Gasteiger partial charge in [-0.25, -0.2) is 4.79 Å². The SMILES string of the molecule is CC(N)(CN1CC(Oc2ccc3c(c2C(=O)O)OB(O)[C@@H]2C[C@H]32)C1)C(=O)NCC(N)=O. The van der Waals surface area contributed by atoms with Crippen molar-refractivity contribution >= 4 is 24.9 Å². The highest BCUT2D eigenvalue weighted by molar-refractivity contribution is 6.48. The van der Waals surface area contributed by atoms with E-state index in [4.69, 9.17) is 20.9 Å². The molecule has 2 amide bonds. The van der Waals surface area contributed by atoms with E-state index in [9.17, 15) is 24.5 Å².